The minimum Gasteiger partial charge on any atom is -0.354 e. The van der Waals surface area contributed by atoms with Crippen LogP contribution < -0.4 is 5.32 Å². The van der Waals surface area contributed by atoms with Gasteiger partial charge < -0.3 is 5.32 Å². The summed E-state index contributed by atoms with van der Waals surface area (Å²) in [6.45, 7) is 7.99. The highest BCUT2D eigenvalue weighted by Crippen LogP contribution is 2.09. The molecule has 101 valence electrons. The topological polar surface area (TPSA) is 29.1 Å². The van der Waals surface area contributed by atoms with Crippen LogP contribution in [0.5, 0.6) is 0 Å². The van der Waals surface area contributed by atoms with Gasteiger partial charge in [0.25, 0.3) is 0 Å². The lowest BCUT2D eigenvalue weighted by Crippen LogP contribution is -2.31. The molecule has 1 atom stereocenters. The lowest BCUT2D eigenvalue weighted by Gasteiger charge is -2.10. The van der Waals surface area contributed by atoms with Crippen LogP contribution in [-0.2, 0) is 4.79 Å². The zero-order valence-corrected chi connectivity index (χ0v) is 11.8. The Balaban J connectivity index is 3.19. The molecule has 0 saturated heterocycles. The maximum Gasteiger partial charge on any atom is 0.220 e. The van der Waals surface area contributed by atoms with Crippen molar-refractivity contribution in [1.29, 1.82) is 0 Å². The van der Waals surface area contributed by atoms with Crippen molar-refractivity contribution in [3.05, 3.63) is 6.92 Å². The van der Waals surface area contributed by atoms with E-state index in [1.165, 1.54) is 38.5 Å². The number of rotatable bonds is 11. The van der Waals surface area contributed by atoms with E-state index in [-0.39, 0.29) is 5.91 Å². The van der Waals surface area contributed by atoms with Gasteiger partial charge in [-0.2, -0.15) is 0 Å². The van der Waals surface area contributed by atoms with Crippen molar-refractivity contribution in [3.63, 3.8) is 0 Å². The lowest BCUT2D eigenvalue weighted by molar-refractivity contribution is -0.121. The summed E-state index contributed by atoms with van der Waals surface area (Å²) in [6.07, 6.45) is 11.5. The fraction of sp³-hybridized carbons (Fsp3) is 0.867. The number of hydrogen-bond donors (Lipinski definition) is 1. The molecule has 1 N–H and O–H groups in total. The van der Waals surface area contributed by atoms with E-state index in [2.05, 4.69) is 26.1 Å². The van der Waals surface area contributed by atoms with Crippen molar-refractivity contribution in [3.8, 4) is 0 Å². The van der Waals surface area contributed by atoms with E-state index in [0.717, 1.165) is 19.3 Å². The number of unbranched alkanes of at least 4 members (excludes halogenated alkanes) is 7. The Hall–Kier alpha value is -0.530. The van der Waals surface area contributed by atoms with Crippen molar-refractivity contribution in [2.75, 3.05) is 0 Å². The Morgan fingerprint density at radius 2 is 1.59 bits per heavy atom. The quantitative estimate of drug-likeness (QED) is 0.538. The van der Waals surface area contributed by atoms with Gasteiger partial charge in [-0.15, -0.1) is 0 Å². The van der Waals surface area contributed by atoms with Gasteiger partial charge in [0.2, 0.25) is 5.91 Å². The maximum atomic E-state index is 11.5. The molecule has 0 aliphatic rings. The Morgan fingerprint density at radius 3 is 2.12 bits per heavy atom. The molecule has 0 aliphatic carbocycles. The molecule has 1 radical (unpaired) electrons. The molecule has 0 aromatic heterocycles. The predicted octanol–water partition coefficient (Wildman–Crippen LogP) is 4.25. The van der Waals surface area contributed by atoms with Crippen molar-refractivity contribution in [2.24, 2.45) is 0 Å². The number of carbonyl (C=O) groups excluding carboxylic acids is 1. The van der Waals surface area contributed by atoms with Gasteiger partial charge >= 0.3 is 0 Å². The first kappa shape index (κ1) is 16.5. The average Bonchev–Trinajstić information content (AvgIpc) is 2.32. The summed E-state index contributed by atoms with van der Waals surface area (Å²) in [4.78, 5) is 11.5. The minimum atomic E-state index is 0.219. The van der Waals surface area contributed by atoms with Gasteiger partial charge in [-0.05, 0) is 19.8 Å². The average molecular weight is 240 g/mol. The van der Waals surface area contributed by atoms with Gasteiger partial charge in [0, 0.05) is 12.5 Å². The fourth-order valence-electron chi connectivity index (χ4n) is 1.80. The van der Waals surface area contributed by atoms with Crippen molar-refractivity contribution in [1.82, 2.24) is 5.32 Å². The first-order valence-electron chi connectivity index (χ1n) is 7.29. The monoisotopic (exact) mass is 240 g/mol. The van der Waals surface area contributed by atoms with Crippen LogP contribution in [0.1, 0.15) is 78.1 Å². The zero-order chi connectivity index (χ0) is 12.9. The molecular formula is C15H30NO. The maximum absolute atomic E-state index is 11.5. The molecule has 0 aliphatic heterocycles. The molecule has 1 unspecified atom stereocenters. The highest BCUT2D eigenvalue weighted by Gasteiger charge is 2.04. The van der Waals surface area contributed by atoms with E-state index in [1.54, 1.807) is 0 Å². The van der Waals surface area contributed by atoms with E-state index in [4.69, 9.17) is 0 Å². The Labute approximate surface area is 108 Å². The highest BCUT2D eigenvalue weighted by atomic mass is 16.1. The number of hydrogen-bond acceptors (Lipinski definition) is 1. The van der Waals surface area contributed by atoms with Gasteiger partial charge in [-0.25, -0.2) is 0 Å². The molecule has 0 heterocycles. The summed E-state index contributed by atoms with van der Waals surface area (Å²) in [5, 5.41) is 3.00. The smallest absolute Gasteiger partial charge is 0.220 e. The summed E-state index contributed by atoms with van der Waals surface area (Å²) in [6, 6.07) is 0.324. The molecule has 0 saturated carbocycles. The van der Waals surface area contributed by atoms with Crippen molar-refractivity contribution < 1.29 is 4.79 Å². The molecule has 0 spiro atoms. The van der Waals surface area contributed by atoms with Crippen LogP contribution in [0.4, 0.5) is 0 Å². The molecule has 0 aromatic carbocycles. The first-order chi connectivity index (χ1) is 8.20. The summed E-state index contributed by atoms with van der Waals surface area (Å²) in [5.74, 6) is 0.219. The molecule has 2 heteroatoms. The number of carbonyl (C=O) groups is 1. The van der Waals surface area contributed by atoms with Crippen LogP contribution >= 0.6 is 0 Å². The van der Waals surface area contributed by atoms with Gasteiger partial charge in [0.15, 0.2) is 0 Å². The highest BCUT2D eigenvalue weighted by molar-refractivity contribution is 5.76. The first-order valence-corrected chi connectivity index (χ1v) is 7.29. The van der Waals surface area contributed by atoms with E-state index in [0.29, 0.717) is 12.5 Å². The second-order valence-corrected chi connectivity index (χ2v) is 4.96. The van der Waals surface area contributed by atoms with Crippen LogP contribution in [0.3, 0.4) is 0 Å². The standard InChI is InChI=1S/C15H30NO/c1-4-6-7-8-9-10-11-12-13-15(17)16-14(3)5-2/h14H,1,4-13H2,2-3H3,(H,16,17). The van der Waals surface area contributed by atoms with E-state index >= 15 is 0 Å². The molecule has 2 nitrogen and oxygen atoms in total. The fourth-order valence-corrected chi connectivity index (χ4v) is 1.80. The second-order valence-electron chi connectivity index (χ2n) is 4.96. The van der Waals surface area contributed by atoms with Crippen molar-refractivity contribution >= 4 is 5.91 Å². The molecule has 0 bridgehead atoms. The third-order valence-electron chi connectivity index (χ3n) is 3.17. The Kier molecular flexibility index (Phi) is 11.6. The molecule has 1 amide bonds. The normalized spacial score (nSPS) is 12.4. The lowest BCUT2D eigenvalue weighted by atomic mass is 10.1. The second kappa shape index (κ2) is 11.9. The summed E-state index contributed by atoms with van der Waals surface area (Å²) in [7, 11) is 0. The van der Waals surface area contributed by atoms with Gasteiger partial charge in [0.05, 0.1) is 0 Å². The van der Waals surface area contributed by atoms with Gasteiger partial charge in [0.1, 0.15) is 0 Å². The van der Waals surface area contributed by atoms with Crippen LogP contribution in [0.15, 0.2) is 0 Å². The van der Waals surface area contributed by atoms with Gasteiger partial charge in [-0.3, -0.25) is 4.79 Å². The van der Waals surface area contributed by atoms with E-state index < -0.39 is 0 Å². The van der Waals surface area contributed by atoms with Crippen LogP contribution in [-0.4, -0.2) is 11.9 Å². The molecule has 0 rings (SSSR count). The minimum absolute atomic E-state index is 0.219. The van der Waals surface area contributed by atoms with Crippen LogP contribution in [0.25, 0.3) is 0 Å². The molecular weight excluding hydrogens is 210 g/mol. The predicted molar refractivity (Wildman–Crippen MR) is 74.8 cm³/mol. The van der Waals surface area contributed by atoms with Gasteiger partial charge in [-0.1, -0.05) is 58.8 Å². The van der Waals surface area contributed by atoms with Crippen molar-refractivity contribution in [2.45, 2.75) is 84.1 Å². The van der Waals surface area contributed by atoms with Crippen LogP contribution in [0, 0.1) is 6.92 Å². The third-order valence-corrected chi connectivity index (χ3v) is 3.17. The number of amides is 1. The largest absolute Gasteiger partial charge is 0.354 e. The van der Waals surface area contributed by atoms with E-state index in [1.807, 2.05) is 0 Å². The van der Waals surface area contributed by atoms with E-state index in [9.17, 15) is 4.79 Å². The zero-order valence-electron chi connectivity index (χ0n) is 11.8. The van der Waals surface area contributed by atoms with Crippen LogP contribution in [0.2, 0.25) is 0 Å². The summed E-state index contributed by atoms with van der Waals surface area (Å²) in [5.41, 5.74) is 0. The summed E-state index contributed by atoms with van der Waals surface area (Å²) < 4.78 is 0. The molecule has 17 heavy (non-hydrogen) atoms. The summed E-state index contributed by atoms with van der Waals surface area (Å²) >= 11 is 0. The Bertz CT molecular complexity index is 180. The number of nitrogens with one attached hydrogen (secondary N) is 1. The third kappa shape index (κ3) is 11.7. The molecule has 0 aromatic rings. The molecule has 0 fully saturated rings. The Morgan fingerprint density at radius 1 is 1.06 bits per heavy atom. The SMILES string of the molecule is [CH2]CCCCCCCCCC(=O)NC(C)CC.